The van der Waals surface area contributed by atoms with Gasteiger partial charge in [0, 0.05) is 34.1 Å². The number of oxazole rings is 1. The highest BCUT2D eigenvalue weighted by Crippen LogP contribution is 2.22. The zero-order chi connectivity index (χ0) is 17.3. The Labute approximate surface area is 146 Å². The van der Waals surface area contributed by atoms with Crippen molar-refractivity contribution in [2.75, 3.05) is 11.6 Å². The van der Waals surface area contributed by atoms with Crippen LogP contribution in [0.5, 0.6) is 0 Å². The maximum absolute atomic E-state index is 12.5. The molecule has 0 saturated carbocycles. The summed E-state index contributed by atoms with van der Waals surface area (Å²) in [5.41, 5.74) is 4.35. The maximum atomic E-state index is 12.5. The number of nitrogens with one attached hydrogen (secondary N) is 2. The number of carbonyl (C=O) groups is 1. The highest BCUT2D eigenvalue weighted by Gasteiger charge is 2.12. The van der Waals surface area contributed by atoms with Crippen molar-refractivity contribution in [3.05, 3.63) is 57.9 Å². The third kappa shape index (κ3) is 3.47. The summed E-state index contributed by atoms with van der Waals surface area (Å²) in [5.74, 6) is 0.225. The summed E-state index contributed by atoms with van der Waals surface area (Å²) in [7, 11) is -0.936. The van der Waals surface area contributed by atoms with Crippen molar-refractivity contribution in [2.45, 2.75) is 12.7 Å². The largest absolute Gasteiger partial charge is 0.429 e. The molecule has 1 atom stereocenters. The van der Waals surface area contributed by atoms with Crippen molar-refractivity contribution in [1.82, 2.24) is 4.98 Å². The first-order chi connectivity index (χ1) is 11.4. The van der Waals surface area contributed by atoms with E-state index in [-0.39, 0.29) is 10.7 Å². The first-order valence-electron chi connectivity index (χ1n) is 7.27. The quantitative estimate of drug-likeness (QED) is 0.691. The van der Waals surface area contributed by atoms with Gasteiger partial charge in [-0.15, -0.1) is 0 Å². The number of hydrogen-bond donors (Lipinski definition) is 2. The second-order valence-electron chi connectivity index (χ2n) is 5.49. The summed E-state index contributed by atoms with van der Waals surface area (Å²) in [6.45, 7) is 1.91. The van der Waals surface area contributed by atoms with Gasteiger partial charge in [0.15, 0.2) is 5.58 Å². The number of anilines is 1. The normalized spacial score (nSPS) is 12.2. The van der Waals surface area contributed by atoms with Gasteiger partial charge < -0.3 is 14.7 Å². The number of fused-ring (bicyclic) bond motifs is 1. The van der Waals surface area contributed by atoms with Gasteiger partial charge in [-0.05, 0) is 54.5 Å². The second-order valence-corrected chi connectivity index (χ2v) is 7.29. The minimum atomic E-state index is -0.936. The number of rotatable bonds is 4. The van der Waals surface area contributed by atoms with Crippen molar-refractivity contribution in [2.24, 2.45) is 0 Å². The van der Waals surface area contributed by atoms with E-state index in [2.05, 4.69) is 10.3 Å². The van der Waals surface area contributed by atoms with E-state index in [0.29, 0.717) is 22.6 Å². The van der Waals surface area contributed by atoms with E-state index in [0.717, 1.165) is 16.6 Å². The lowest BCUT2D eigenvalue weighted by atomic mass is 10.1. The Kier molecular flexibility index (Phi) is 4.64. The fourth-order valence-corrected chi connectivity index (χ4v) is 3.43. The first kappa shape index (κ1) is 16.6. The van der Waals surface area contributed by atoms with Gasteiger partial charge in [-0.2, -0.15) is 0 Å². The molecule has 3 rings (SSSR count). The molecule has 0 radical (unpaired) electrons. The topological polar surface area (TPSA) is 75.1 Å². The smallest absolute Gasteiger partial charge is 0.266 e. The molecule has 0 aliphatic carbocycles. The van der Waals surface area contributed by atoms with Gasteiger partial charge in [0.05, 0.1) is 5.52 Å². The van der Waals surface area contributed by atoms with Crippen LogP contribution in [0.4, 0.5) is 5.69 Å². The Balaban J connectivity index is 1.88. The lowest BCUT2D eigenvalue weighted by molar-refractivity contribution is 0.102. The number of carbonyl (C=O) groups excluding carboxylic acids is 1. The van der Waals surface area contributed by atoms with Crippen LogP contribution in [-0.4, -0.2) is 21.4 Å². The predicted octanol–water partition coefficient (Wildman–Crippen LogP) is 3.93. The van der Waals surface area contributed by atoms with Crippen LogP contribution in [0, 0.1) is 11.8 Å². The van der Waals surface area contributed by atoms with Crippen LogP contribution >= 0.6 is 12.2 Å². The molecule has 0 unspecified atom stereocenters. The van der Waals surface area contributed by atoms with Gasteiger partial charge in [0.25, 0.3) is 10.7 Å². The lowest BCUT2D eigenvalue weighted by Gasteiger charge is -2.12. The predicted molar refractivity (Wildman–Crippen MR) is 98.3 cm³/mol. The van der Waals surface area contributed by atoms with Crippen molar-refractivity contribution in [3.63, 3.8) is 0 Å². The zero-order valence-corrected chi connectivity index (χ0v) is 14.8. The minimum absolute atomic E-state index is 0.239. The number of H-pyrrole nitrogens is 1. The lowest BCUT2D eigenvalue weighted by Crippen LogP contribution is -2.13. The van der Waals surface area contributed by atoms with Crippen LogP contribution in [0.15, 0.2) is 40.8 Å². The van der Waals surface area contributed by atoms with E-state index in [9.17, 15) is 9.00 Å². The van der Waals surface area contributed by atoms with Gasteiger partial charge in [-0.3, -0.25) is 9.00 Å². The molecular weight excluding hydrogens is 344 g/mol. The van der Waals surface area contributed by atoms with Gasteiger partial charge in [-0.25, -0.2) is 0 Å². The first-order valence-corrected chi connectivity index (χ1v) is 9.40. The van der Waals surface area contributed by atoms with Gasteiger partial charge in [0.2, 0.25) is 0 Å². The summed E-state index contributed by atoms with van der Waals surface area (Å²) in [6.07, 6.45) is 1.66. The van der Waals surface area contributed by atoms with Crippen LogP contribution in [0.2, 0.25) is 0 Å². The average molecular weight is 360 g/mol. The Morgan fingerprint density at radius 1 is 1.33 bits per heavy atom. The summed E-state index contributed by atoms with van der Waals surface area (Å²) < 4.78 is 16.8. The van der Waals surface area contributed by atoms with E-state index < -0.39 is 10.8 Å². The van der Waals surface area contributed by atoms with E-state index in [1.165, 1.54) is 0 Å². The standard InChI is InChI=1S/C17H16N2O3S2/c1-10-12(9-24(2)21)4-3-5-13(10)18-16(20)11-6-7-14-15(8-11)22-17(23)19-14/h3-8H,9H2,1-2H3,(H,18,20)(H,19,23)/t24-/m1/s1. The van der Waals surface area contributed by atoms with Crippen molar-refractivity contribution in [1.29, 1.82) is 0 Å². The molecule has 0 bridgehead atoms. The summed E-state index contributed by atoms with van der Waals surface area (Å²) in [6, 6.07) is 10.7. The number of aromatic nitrogens is 1. The van der Waals surface area contributed by atoms with Gasteiger partial charge >= 0.3 is 0 Å². The number of benzene rings is 2. The fourth-order valence-electron chi connectivity index (χ4n) is 2.48. The second kappa shape index (κ2) is 6.70. The molecule has 5 nitrogen and oxygen atoms in total. The van der Waals surface area contributed by atoms with E-state index in [1.807, 2.05) is 25.1 Å². The van der Waals surface area contributed by atoms with Crippen LogP contribution in [0.3, 0.4) is 0 Å². The van der Waals surface area contributed by atoms with E-state index in [1.54, 1.807) is 24.5 Å². The number of aromatic amines is 1. The molecule has 124 valence electrons. The molecule has 0 aliphatic heterocycles. The van der Waals surface area contributed by atoms with Crippen LogP contribution in [0.25, 0.3) is 11.1 Å². The molecule has 0 fully saturated rings. The monoisotopic (exact) mass is 360 g/mol. The SMILES string of the molecule is Cc1c(C[S@@](C)=O)cccc1NC(=O)c1ccc2[nH]c(=S)oc2c1. The fraction of sp³-hybridized carbons (Fsp3) is 0.176. The third-order valence-corrected chi connectivity index (χ3v) is 4.64. The van der Waals surface area contributed by atoms with Crippen LogP contribution in [-0.2, 0) is 16.6 Å². The number of hydrogen-bond acceptors (Lipinski definition) is 4. The molecule has 1 amide bonds. The third-order valence-electron chi connectivity index (χ3n) is 3.74. The number of amides is 1. The molecular formula is C17H16N2O3S2. The Morgan fingerprint density at radius 3 is 2.88 bits per heavy atom. The van der Waals surface area contributed by atoms with Crippen molar-refractivity contribution >= 4 is 45.7 Å². The molecule has 24 heavy (non-hydrogen) atoms. The average Bonchev–Trinajstić information content (AvgIpc) is 2.89. The molecule has 0 spiro atoms. The zero-order valence-electron chi connectivity index (χ0n) is 13.2. The van der Waals surface area contributed by atoms with Gasteiger partial charge in [-0.1, -0.05) is 12.1 Å². The van der Waals surface area contributed by atoms with E-state index in [4.69, 9.17) is 16.6 Å². The maximum Gasteiger partial charge on any atom is 0.266 e. The van der Waals surface area contributed by atoms with Gasteiger partial charge in [0.1, 0.15) is 0 Å². The highest BCUT2D eigenvalue weighted by atomic mass is 32.2. The molecule has 3 aromatic rings. The summed E-state index contributed by atoms with van der Waals surface area (Å²) in [5, 5.41) is 2.90. The molecule has 0 saturated heterocycles. The van der Waals surface area contributed by atoms with Crippen molar-refractivity contribution < 1.29 is 13.4 Å². The van der Waals surface area contributed by atoms with E-state index >= 15 is 0 Å². The van der Waals surface area contributed by atoms with Crippen LogP contribution in [0.1, 0.15) is 21.5 Å². The molecule has 2 N–H and O–H groups in total. The molecule has 0 aliphatic rings. The molecule has 1 aromatic heterocycles. The van der Waals surface area contributed by atoms with Crippen LogP contribution < -0.4 is 5.32 Å². The Bertz CT molecular complexity index is 1000. The Morgan fingerprint density at radius 2 is 2.12 bits per heavy atom. The summed E-state index contributed by atoms with van der Waals surface area (Å²) in [4.78, 5) is 15.7. The van der Waals surface area contributed by atoms with Crippen molar-refractivity contribution in [3.8, 4) is 0 Å². The Hall–Kier alpha value is -2.25. The summed E-state index contributed by atoms with van der Waals surface area (Å²) >= 11 is 4.94. The molecule has 7 heteroatoms. The highest BCUT2D eigenvalue weighted by molar-refractivity contribution is 7.83. The minimum Gasteiger partial charge on any atom is -0.429 e. The molecule has 1 heterocycles. The molecule has 2 aromatic carbocycles.